The largest absolute Gasteiger partial charge is 0.299 e. The van der Waals surface area contributed by atoms with E-state index in [0.717, 1.165) is 24.8 Å². The Hall–Kier alpha value is -1.37. The number of hydrogen-bond acceptors (Lipinski definition) is 1. The summed E-state index contributed by atoms with van der Waals surface area (Å²) >= 11 is 0. The predicted molar refractivity (Wildman–Crippen MR) is 66.4 cm³/mol. The highest BCUT2D eigenvalue weighted by Crippen LogP contribution is 2.27. The lowest BCUT2D eigenvalue weighted by molar-refractivity contribution is -0.122. The van der Waals surface area contributed by atoms with Crippen LogP contribution in [0.15, 0.2) is 36.4 Å². The Morgan fingerprint density at radius 3 is 2.75 bits per heavy atom. The number of aryl methyl sites for hydroxylation is 1. The lowest BCUT2D eigenvalue weighted by Crippen LogP contribution is -2.22. The number of hydrogen-bond donors (Lipinski definition) is 0. The monoisotopic (exact) mass is 214 g/mol. The van der Waals surface area contributed by atoms with Crippen molar-refractivity contribution >= 4 is 5.78 Å². The van der Waals surface area contributed by atoms with Gasteiger partial charge in [0.2, 0.25) is 0 Å². The Labute approximate surface area is 97.2 Å². The number of carbonyl (C=O) groups excluding carboxylic acids is 1. The van der Waals surface area contributed by atoms with E-state index in [1.54, 1.807) is 0 Å². The van der Waals surface area contributed by atoms with Gasteiger partial charge >= 0.3 is 0 Å². The van der Waals surface area contributed by atoms with Crippen LogP contribution in [0.5, 0.6) is 0 Å². The van der Waals surface area contributed by atoms with Crippen LogP contribution in [0, 0.1) is 5.92 Å². The molecule has 1 unspecified atom stereocenters. The lowest BCUT2D eigenvalue weighted by Gasteiger charge is -2.23. The van der Waals surface area contributed by atoms with E-state index in [9.17, 15) is 4.79 Å². The van der Waals surface area contributed by atoms with Gasteiger partial charge in [-0.3, -0.25) is 4.79 Å². The van der Waals surface area contributed by atoms with E-state index in [1.165, 1.54) is 11.1 Å². The maximum Gasteiger partial charge on any atom is 0.140 e. The highest BCUT2D eigenvalue weighted by Gasteiger charge is 2.23. The fourth-order valence-corrected chi connectivity index (χ4v) is 2.41. The van der Waals surface area contributed by atoms with Crippen LogP contribution in [0.3, 0.4) is 0 Å². The Kier molecular flexibility index (Phi) is 3.23. The molecular weight excluding hydrogens is 196 g/mol. The predicted octanol–water partition coefficient (Wildman–Crippen LogP) is 3.33. The molecule has 1 atom stereocenters. The lowest BCUT2D eigenvalue weighted by atomic mass is 9.80. The van der Waals surface area contributed by atoms with Gasteiger partial charge in [0.1, 0.15) is 5.78 Å². The van der Waals surface area contributed by atoms with Crippen molar-refractivity contribution in [1.29, 1.82) is 0 Å². The van der Waals surface area contributed by atoms with E-state index < -0.39 is 0 Å². The quantitative estimate of drug-likeness (QED) is 0.705. The maximum absolute atomic E-state index is 12.0. The molecule has 84 valence electrons. The van der Waals surface area contributed by atoms with Crippen LogP contribution in [0.2, 0.25) is 0 Å². The third-order valence-electron chi connectivity index (χ3n) is 3.28. The summed E-state index contributed by atoms with van der Waals surface area (Å²) in [6.07, 6.45) is 3.51. The van der Waals surface area contributed by atoms with Gasteiger partial charge in [-0.15, -0.1) is 0 Å². The minimum Gasteiger partial charge on any atom is -0.299 e. The van der Waals surface area contributed by atoms with Crippen molar-refractivity contribution in [3.05, 3.63) is 47.5 Å². The molecule has 1 nitrogen and oxygen atoms in total. The standard InChI is InChI=1S/C15H18O/c1-11(2)9-15(16)14-8-7-12-5-3-4-6-13(12)10-14/h3-6,14H,1,7-10H2,2H3. The minimum absolute atomic E-state index is 0.214. The number of rotatable bonds is 3. The second-order valence-corrected chi connectivity index (χ2v) is 4.81. The molecule has 16 heavy (non-hydrogen) atoms. The van der Waals surface area contributed by atoms with Gasteiger partial charge in [0.15, 0.2) is 0 Å². The van der Waals surface area contributed by atoms with E-state index in [-0.39, 0.29) is 5.92 Å². The molecule has 1 aromatic carbocycles. The molecule has 1 heteroatoms. The molecule has 1 aromatic rings. The van der Waals surface area contributed by atoms with Gasteiger partial charge in [0.05, 0.1) is 0 Å². The zero-order chi connectivity index (χ0) is 11.5. The molecule has 0 aliphatic heterocycles. The average molecular weight is 214 g/mol. The summed E-state index contributed by atoms with van der Waals surface area (Å²) in [5.74, 6) is 0.577. The van der Waals surface area contributed by atoms with Gasteiger partial charge in [-0.25, -0.2) is 0 Å². The fraction of sp³-hybridized carbons (Fsp3) is 0.400. The summed E-state index contributed by atoms with van der Waals surface area (Å²) in [4.78, 5) is 12.0. The molecule has 2 rings (SSSR count). The minimum atomic E-state index is 0.214. The van der Waals surface area contributed by atoms with Gasteiger partial charge in [0, 0.05) is 12.3 Å². The smallest absolute Gasteiger partial charge is 0.140 e. The highest BCUT2D eigenvalue weighted by atomic mass is 16.1. The van der Waals surface area contributed by atoms with Crippen molar-refractivity contribution in [2.45, 2.75) is 32.6 Å². The van der Waals surface area contributed by atoms with Crippen molar-refractivity contribution in [3.8, 4) is 0 Å². The number of allylic oxidation sites excluding steroid dienone is 1. The third kappa shape index (κ3) is 2.41. The first kappa shape index (κ1) is 11.1. The number of carbonyl (C=O) groups is 1. The van der Waals surface area contributed by atoms with Crippen molar-refractivity contribution in [2.24, 2.45) is 5.92 Å². The Bertz CT molecular complexity index is 417. The summed E-state index contributed by atoms with van der Waals surface area (Å²) < 4.78 is 0. The molecule has 0 heterocycles. The molecule has 0 amide bonds. The summed E-state index contributed by atoms with van der Waals surface area (Å²) in [6, 6.07) is 8.46. The second kappa shape index (κ2) is 4.65. The summed E-state index contributed by atoms with van der Waals surface area (Å²) in [5, 5.41) is 0. The van der Waals surface area contributed by atoms with Crippen LogP contribution in [0.1, 0.15) is 30.9 Å². The summed E-state index contributed by atoms with van der Waals surface area (Å²) in [7, 11) is 0. The molecule has 0 aromatic heterocycles. The van der Waals surface area contributed by atoms with Gasteiger partial charge in [0.25, 0.3) is 0 Å². The van der Waals surface area contributed by atoms with Gasteiger partial charge in [-0.1, -0.05) is 36.4 Å². The molecule has 0 fully saturated rings. The first-order valence-electron chi connectivity index (χ1n) is 5.90. The van der Waals surface area contributed by atoms with Crippen molar-refractivity contribution in [1.82, 2.24) is 0 Å². The SMILES string of the molecule is C=C(C)CC(=O)C1CCc2ccccc2C1. The zero-order valence-corrected chi connectivity index (χ0v) is 9.83. The topological polar surface area (TPSA) is 17.1 Å². The van der Waals surface area contributed by atoms with Crippen molar-refractivity contribution in [2.75, 3.05) is 0 Å². The van der Waals surface area contributed by atoms with E-state index in [4.69, 9.17) is 0 Å². The van der Waals surface area contributed by atoms with Crippen LogP contribution in [-0.4, -0.2) is 5.78 Å². The summed E-state index contributed by atoms with van der Waals surface area (Å²) in [6.45, 7) is 5.74. The molecule has 0 saturated carbocycles. The van der Waals surface area contributed by atoms with Gasteiger partial charge < -0.3 is 0 Å². The van der Waals surface area contributed by atoms with Crippen LogP contribution >= 0.6 is 0 Å². The number of ketones is 1. The maximum atomic E-state index is 12.0. The highest BCUT2D eigenvalue weighted by molar-refractivity contribution is 5.83. The fourth-order valence-electron chi connectivity index (χ4n) is 2.41. The van der Waals surface area contributed by atoms with Crippen LogP contribution in [-0.2, 0) is 17.6 Å². The van der Waals surface area contributed by atoms with E-state index in [2.05, 4.69) is 30.8 Å². The zero-order valence-electron chi connectivity index (χ0n) is 9.83. The molecule has 0 radical (unpaired) electrons. The van der Waals surface area contributed by atoms with E-state index in [0.29, 0.717) is 12.2 Å². The Morgan fingerprint density at radius 1 is 1.38 bits per heavy atom. The summed E-state index contributed by atoms with van der Waals surface area (Å²) in [5.41, 5.74) is 3.75. The van der Waals surface area contributed by atoms with Crippen molar-refractivity contribution < 1.29 is 4.79 Å². The molecule has 0 N–H and O–H groups in total. The molecule has 0 bridgehead atoms. The molecule has 0 saturated heterocycles. The van der Waals surface area contributed by atoms with Crippen LogP contribution in [0.25, 0.3) is 0 Å². The van der Waals surface area contributed by atoms with Gasteiger partial charge in [-0.05, 0) is 37.3 Å². The van der Waals surface area contributed by atoms with E-state index >= 15 is 0 Å². The number of Topliss-reactive ketones (excluding diaryl/α,β-unsaturated/α-hetero) is 1. The molecule has 0 spiro atoms. The molecular formula is C15H18O. The van der Waals surface area contributed by atoms with Crippen LogP contribution < -0.4 is 0 Å². The van der Waals surface area contributed by atoms with E-state index in [1.807, 2.05) is 6.92 Å². The first-order chi connectivity index (χ1) is 7.66. The number of benzene rings is 1. The first-order valence-corrected chi connectivity index (χ1v) is 5.90. The van der Waals surface area contributed by atoms with Crippen LogP contribution in [0.4, 0.5) is 0 Å². The van der Waals surface area contributed by atoms with Gasteiger partial charge in [-0.2, -0.15) is 0 Å². The average Bonchev–Trinajstić information content (AvgIpc) is 2.27. The second-order valence-electron chi connectivity index (χ2n) is 4.81. The Morgan fingerprint density at radius 2 is 2.06 bits per heavy atom. The molecule has 1 aliphatic rings. The molecule has 1 aliphatic carbocycles. The third-order valence-corrected chi connectivity index (χ3v) is 3.28. The number of fused-ring (bicyclic) bond motifs is 1. The van der Waals surface area contributed by atoms with Crippen molar-refractivity contribution in [3.63, 3.8) is 0 Å². The normalized spacial score (nSPS) is 18.9. The Balaban J connectivity index is 2.08.